The maximum Gasteiger partial charge on any atom is 0.123 e. The highest BCUT2D eigenvalue weighted by Crippen LogP contribution is 2.29. The summed E-state index contributed by atoms with van der Waals surface area (Å²) in [4.78, 5) is 0. The third-order valence-corrected chi connectivity index (χ3v) is 4.02. The summed E-state index contributed by atoms with van der Waals surface area (Å²) < 4.78 is 12.9. The Morgan fingerprint density at radius 1 is 1.00 bits per heavy atom. The van der Waals surface area contributed by atoms with E-state index in [-0.39, 0.29) is 11.4 Å². The highest BCUT2D eigenvalue weighted by atomic mass is 19.1. The van der Waals surface area contributed by atoms with Crippen molar-refractivity contribution in [1.82, 2.24) is 0 Å². The fourth-order valence-corrected chi connectivity index (χ4v) is 2.98. The van der Waals surface area contributed by atoms with Gasteiger partial charge in [0.2, 0.25) is 0 Å². The van der Waals surface area contributed by atoms with Crippen LogP contribution in [0.15, 0.2) is 48.5 Å². The number of hydrogen-bond donors (Lipinski definition) is 1. The summed E-state index contributed by atoms with van der Waals surface area (Å²) in [5.41, 5.74) is 10.2. The summed E-state index contributed by atoms with van der Waals surface area (Å²) in [5, 5.41) is 0. The molecule has 0 aliphatic heterocycles. The van der Waals surface area contributed by atoms with Crippen molar-refractivity contribution in [3.05, 3.63) is 71.0 Å². The first-order chi connectivity index (χ1) is 9.15. The van der Waals surface area contributed by atoms with Crippen LogP contribution in [0.5, 0.6) is 0 Å². The predicted molar refractivity (Wildman–Crippen MR) is 75.5 cm³/mol. The smallest absolute Gasteiger partial charge is 0.123 e. The number of fused-ring (bicyclic) bond motifs is 1. The molecule has 1 unspecified atom stereocenters. The first kappa shape index (κ1) is 12.4. The van der Waals surface area contributed by atoms with E-state index in [4.69, 9.17) is 5.73 Å². The Morgan fingerprint density at radius 3 is 2.42 bits per heavy atom. The summed E-state index contributed by atoms with van der Waals surface area (Å²) in [6.45, 7) is 0. The molecular formula is C17H18FN. The second-order valence-corrected chi connectivity index (χ2v) is 5.61. The molecule has 0 spiro atoms. The van der Waals surface area contributed by atoms with Crippen molar-refractivity contribution in [2.45, 2.75) is 31.2 Å². The number of benzene rings is 2. The molecule has 98 valence electrons. The zero-order valence-corrected chi connectivity index (χ0v) is 10.9. The monoisotopic (exact) mass is 255 g/mol. The summed E-state index contributed by atoms with van der Waals surface area (Å²) in [6.07, 6.45) is 3.73. The van der Waals surface area contributed by atoms with E-state index >= 15 is 0 Å². The van der Waals surface area contributed by atoms with Crippen LogP contribution in [0.1, 0.15) is 23.1 Å². The van der Waals surface area contributed by atoms with Gasteiger partial charge in [-0.1, -0.05) is 36.4 Å². The third kappa shape index (κ3) is 2.69. The molecule has 19 heavy (non-hydrogen) atoms. The van der Waals surface area contributed by atoms with Gasteiger partial charge in [-0.05, 0) is 54.5 Å². The van der Waals surface area contributed by atoms with Gasteiger partial charge in [0.25, 0.3) is 0 Å². The standard InChI is InChI=1S/C17H18FN/c18-16-7-5-13(6-8-16)11-17(19)10-9-14-3-1-2-4-15(14)12-17/h1-8H,9-12,19H2. The molecule has 0 saturated heterocycles. The second-order valence-electron chi connectivity index (χ2n) is 5.61. The molecule has 1 atom stereocenters. The van der Waals surface area contributed by atoms with Crippen molar-refractivity contribution in [2.75, 3.05) is 0 Å². The van der Waals surface area contributed by atoms with Gasteiger partial charge in [-0.15, -0.1) is 0 Å². The first-order valence-corrected chi connectivity index (χ1v) is 6.75. The Hall–Kier alpha value is -1.67. The van der Waals surface area contributed by atoms with Crippen molar-refractivity contribution in [3.63, 3.8) is 0 Å². The molecule has 0 radical (unpaired) electrons. The fourth-order valence-electron chi connectivity index (χ4n) is 2.98. The lowest BCUT2D eigenvalue weighted by Crippen LogP contribution is -2.47. The van der Waals surface area contributed by atoms with Gasteiger partial charge in [-0.3, -0.25) is 0 Å². The van der Waals surface area contributed by atoms with E-state index in [9.17, 15) is 4.39 Å². The van der Waals surface area contributed by atoms with Crippen molar-refractivity contribution >= 4 is 0 Å². The van der Waals surface area contributed by atoms with E-state index in [0.717, 1.165) is 31.2 Å². The fraction of sp³-hybridized carbons (Fsp3) is 0.294. The van der Waals surface area contributed by atoms with E-state index in [1.165, 1.54) is 23.3 Å². The average Bonchev–Trinajstić information content (AvgIpc) is 2.41. The minimum absolute atomic E-state index is 0.191. The molecule has 2 aromatic rings. The summed E-state index contributed by atoms with van der Waals surface area (Å²) in [6, 6.07) is 15.2. The molecule has 0 saturated carbocycles. The van der Waals surface area contributed by atoms with Crippen molar-refractivity contribution in [1.29, 1.82) is 0 Å². The van der Waals surface area contributed by atoms with Gasteiger partial charge >= 0.3 is 0 Å². The van der Waals surface area contributed by atoms with E-state index < -0.39 is 0 Å². The number of aryl methyl sites for hydroxylation is 1. The van der Waals surface area contributed by atoms with Crippen LogP contribution in [0.3, 0.4) is 0 Å². The van der Waals surface area contributed by atoms with Gasteiger partial charge in [-0.25, -0.2) is 4.39 Å². The van der Waals surface area contributed by atoms with Gasteiger partial charge < -0.3 is 5.73 Å². The van der Waals surface area contributed by atoms with Gasteiger partial charge in [0.05, 0.1) is 0 Å². The molecule has 0 amide bonds. The maximum atomic E-state index is 12.9. The molecule has 2 heteroatoms. The molecular weight excluding hydrogens is 237 g/mol. The predicted octanol–water partition coefficient (Wildman–Crippen LogP) is 3.25. The Morgan fingerprint density at radius 2 is 1.68 bits per heavy atom. The quantitative estimate of drug-likeness (QED) is 0.875. The van der Waals surface area contributed by atoms with E-state index in [0.29, 0.717) is 0 Å². The molecule has 3 rings (SSSR count). The molecule has 0 aromatic heterocycles. The van der Waals surface area contributed by atoms with Crippen LogP contribution < -0.4 is 5.73 Å². The third-order valence-electron chi connectivity index (χ3n) is 4.02. The highest BCUT2D eigenvalue weighted by Gasteiger charge is 2.30. The SMILES string of the molecule is NC1(Cc2ccc(F)cc2)CCc2ccccc2C1. The molecule has 2 aromatic carbocycles. The Kier molecular flexibility index (Phi) is 3.11. The second kappa shape index (κ2) is 4.78. The Labute approximate surface area is 113 Å². The summed E-state index contributed by atoms with van der Waals surface area (Å²) in [7, 11) is 0. The molecule has 1 nitrogen and oxygen atoms in total. The van der Waals surface area contributed by atoms with Crippen LogP contribution in [0.4, 0.5) is 4.39 Å². The van der Waals surface area contributed by atoms with Crippen LogP contribution in [0, 0.1) is 5.82 Å². The van der Waals surface area contributed by atoms with Crippen LogP contribution in [-0.4, -0.2) is 5.54 Å². The number of rotatable bonds is 2. The van der Waals surface area contributed by atoms with Crippen molar-refractivity contribution < 1.29 is 4.39 Å². The van der Waals surface area contributed by atoms with E-state index in [2.05, 4.69) is 24.3 Å². The lowest BCUT2D eigenvalue weighted by Gasteiger charge is -2.35. The minimum Gasteiger partial charge on any atom is -0.324 e. The zero-order chi connectivity index (χ0) is 13.3. The molecule has 1 aliphatic rings. The lowest BCUT2D eigenvalue weighted by atomic mass is 9.75. The summed E-state index contributed by atoms with van der Waals surface area (Å²) >= 11 is 0. The number of halogens is 1. The topological polar surface area (TPSA) is 26.0 Å². The Bertz CT molecular complexity index is 576. The van der Waals surface area contributed by atoms with Gasteiger partial charge in [0, 0.05) is 5.54 Å². The molecule has 1 aliphatic carbocycles. The molecule has 0 fully saturated rings. The van der Waals surface area contributed by atoms with Crippen LogP contribution >= 0.6 is 0 Å². The lowest BCUT2D eigenvalue weighted by molar-refractivity contribution is 0.369. The van der Waals surface area contributed by atoms with Crippen molar-refractivity contribution in [3.8, 4) is 0 Å². The average molecular weight is 255 g/mol. The van der Waals surface area contributed by atoms with Crippen molar-refractivity contribution in [2.24, 2.45) is 5.73 Å². The number of nitrogens with two attached hydrogens (primary N) is 1. The highest BCUT2D eigenvalue weighted by molar-refractivity contribution is 5.33. The van der Waals surface area contributed by atoms with Gasteiger partial charge in [0.15, 0.2) is 0 Å². The minimum atomic E-state index is -0.202. The molecule has 0 heterocycles. The van der Waals surface area contributed by atoms with Gasteiger partial charge in [-0.2, -0.15) is 0 Å². The van der Waals surface area contributed by atoms with E-state index in [1.807, 2.05) is 12.1 Å². The molecule has 2 N–H and O–H groups in total. The normalized spacial score (nSPS) is 22.0. The number of hydrogen-bond acceptors (Lipinski definition) is 1. The molecule has 0 bridgehead atoms. The summed E-state index contributed by atoms with van der Waals surface area (Å²) in [5.74, 6) is -0.191. The Balaban J connectivity index is 1.80. The largest absolute Gasteiger partial charge is 0.324 e. The van der Waals surface area contributed by atoms with Crippen LogP contribution in [0.2, 0.25) is 0 Å². The van der Waals surface area contributed by atoms with Crippen LogP contribution in [0.25, 0.3) is 0 Å². The zero-order valence-electron chi connectivity index (χ0n) is 10.9. The van der Waals surface area contributed by atoms with E-state index in [1.54, 1.807) is 0 Å². The van der Waals surface area contributed by atoms with Gasteiger partial charge in [0.1, 0.15) is 5.82 Å². The first-order valence-electron chi connectivity index (χ1n) is 6.75. The van der Waals surface area contributed by atoms with Crippen LogP contribution in [-0.2, 0) is 19.3 Å². The maximum absolute atomic E-state index is 12.9.